The molecule has 7 rings (SSSR count). The van der Waals surface area contributed by atoms with Gasteiger partial charge in [-0.25, -0.2) is 4.79 Å². The number of fused-ring (bicyclic) bond motifs is 1. The van der Waals surface area contributed by atoms with Crippen LogP contribution in [0.3, 0.4) is 0 Å². The molecule has 2 saturated heterocycles. The Kier molecular flexibility index (Phi) is 12.2. The third-order valence-corrected chi connectivity index (χ3v) is 10.9. The Morgan fingerprint density at radius 3 is 2.07 bits per heavy atom. The van der Waals surface area contributed by atoms with Gasteiger partial charge in [0.1, 0.15) is 11.5 Å². The number of piperidine rings is 1. The van der Waals surface area contributed by atoms with Gasteiger partial charge in [-0.2, -0.15) is 0 Å². The fourth-order valence-electron chi connectivity index (χ4n) is 8.24. The summed E-state index contributed by atoms with van der Waals surface area (Å²) in [6, 6.07) is 31.9. The van der Waals surface area contributed by atoms with E-state index in [0.717, 1.165) is 41.7 Å². The van der Waals surface area contributed by atoms with Crippen LogP contribution < -0.4 is 20.7 Å². The van der Waals surface area contributed by atoms with Crippen molar-refractivity contribution in [3.63, 3.8) is 0 Å². The highest BCUT2D eigenvalue weighted by Gasteiger charge is 2.44. The summed E-state index contributed by atoms with van der Waals surface area (Å²) in [5.74, 6) is 2.10. The lowest BCUT2D eigenvalue weighted by molar-refractivity contribution is -0.255. The SMILES string of the molecule is CC(C)(C)NC(=O)[C@H]1CC[C@H]2CCCC[C@H]2N1C[C@H]1C[C@@H](c2ccc(CO)cc2)O[C@@H](c2ccc(NC(=O)Nc3ccc(Oc4ccccc4)cc3)cc2)O1. The highest BCUT2D eigenvalue weighted by molar-refractivity contribution is 5.99. The summed E-state index contributed by atoms with van der Waals surface area (Å²) in [6.45, 7) is 6.72. The molecule has 3 fully saturated rings. The van der Waals surface area contributed by atoms with E-state index >= 15 is 0 Å². The fourth-order valence-corrected chi connectivity index (χ4v) is 8.24. The van der Waals surface area contributed by atoms with Crippen LogP contribution in [0.1, 0.15) is 94.8 Å². The maximum absolute atomic E-state index is 13.8. The standard InChI is InChI=1S/C45H54N4O6/c1-45(2,3)48-42(51)40-26-19-31-9-7-8-12-39(31)49(40)28-38-27-41(32-15-13-30(29-50)14-16-32)55-43(54-38)33-17-20-34(21-18-33)46-44(52)47-35-22-24-37(25-23-35)53-36-10-5-4-6-11-36/h4-6,10-11,13-18,20-25,31,38-41,43,50H,7-9,12,19,26-29H2,1-3H3,(H,48,51)(H2,46,47,52)/t31-,38-,39-,40-,41+,43+/m1/s1. The Morgan fingerprint density at radius 2 is 1.40 bits per heavy atom. The van der Waals surface area contributed by atoms with Gasteiger partial charge in [-0.3, -0.25) is 9.69 Å². The summed E-state index contributed by atoms with van der Waals surface area (Å²) in [7, 11) is 0. The molecule has 10 nitrogen and oxygen atoms in total. The third-order valence-electron chi connectivity index (χ3n) is 10.9. The van der Waals surface area contributed by atoms with Gasteiger partial charge in [-0.15, -0.1) is 0 Å². The number of carbonyl (C=O) groups excluding carboxylic acids is 2. The van der Waals surface area contributed by atoms with Gasteiger partial charge in [0.05, 0.1) is 24.9 Å². The number of ether oxygens (including phenoxy) is 3. The van der Waals surface area contributed by atoms with Gasteiger partial charge in [0.25, 0.3) is 0 Å². The fraction of sp³-hybridized carbons (Fsp3) is 0.422. The molecule has 6 atom stereocenters. The number of rotatable bonds is 10. The van der Waals surface area contributed by atoms with E-state index in [9.17, 15) is 14.7 Å². The number of benzene rings is 4. The van der Waals surface area contributed by atoms with Crippen molar-refractivity contribution < 1.29 is 28.9 Å². The molecule has 4 aromatic carbocycles. The number of aliphatic hydroxyl groups excluding tert-OH is 1. The number of nitrogens with zero attached hydrogens (tertiary/aromatic N) is 1. The molecule has 3 amide bonds. The normalized spacial score (nSPS) is 24.3. The number of hydrogen-bond acceptors (Lipinski definition) is 7. The second-order valence-electron chi connectivity index (χ2n) is 16.1. The van der Waals surface area contributed by atoms with Gasteiger partial charge in [-0.1, -0.05) is 67.4 Å². The van der Waals surface area contributed by atoms with Crippen LogP contribution in [-0.2, 0) is 20.9 Å². The van der Waals surface area contributed by atoms with Crippen LogP contribution in [0.4, 0.5) is 16.2 Å². The molecule has 2 heterocycles. The van der Waals surface area contributed by atoms with E-state index in [1.165, 1.54) is 19.3 Å². The molecular weight excluding hydrogens is 693 g/mol. The Balaban J connectivity index is 1.05. The number of likely N-dealkylation sites (tertiary alicyclic amines) is 1. The van der Waals surface area contributed by atoms with Gasteiger partial charge in [0.2, 0.25) is 5.91 Å². The van der Waals surface area contributed by atoms with Crippen molar-refractivity contribution in [3.05, 3.63) is 120 Å². The molecule has 1 saturated carbocycles. The third kappa shape index (κ3) is 10.1. The Morgan fingerprint density at radius 1 is 0.764 bits per heavy atom. The van der Waals surface area contributed by atoms with Crippen LogP contribution in [0.25, 0.3) is 0 Å². The predicted molar refractivity (Wildman–Crippen MR) is 214 cm³/mol. The first kappa shape index (κ1) is 38.5. The highest BCUT2D eigenvalue weighted by Crippen LogP contribution is 2.42. The second-order valence-corrected chi connectivity index (χ2v) is 16.1. The molecule has 4 aromatic rings. The molecule has 55 heavy (non-hydrogen) atoms. The summed E-state index contributed by atoms with van der Waals surface area (Å²) < 4.78 is 19.3. The summed E-state index contributed by atoms with van der Waals surface area (Å²) in [4.78, 5) is 29.2. The molecule has 0 unspecified atom stereocenters. The minimum absolute atomic E-state index is 0.0237. The lowest BCUT2D eigenvalue weighted by Gasteiger charge is -2.50. The van der Waals surface area contributed by atoms with Gasteiger partial charge in [-0.05, 0) is 112 Å². The number of para-hydroxylation sites is 1. The van der Waals surface area contributed by atoms with Crippen molar-refractivity contribution in [1.82, 2.24) is 10.2 Å². The summed E-state index contributed by atoms with van der Waals surface area (Å²) in [5.41, 5.74) is 3.63. The first-order valence-electron chi connectivity index (χ1n) is 19.7. The van der Waals surface area contributed by atoms with Gasteiger partial charge in [0.15, 0.2) is 6.29 Å². The minimum atomic E-state index is -0.658. The maximum atomic E-state index is 13.8. The average molecular weight is 747 g/mol. The van der Waals surface area contributed by atoms with Gasteiger partial charge >= 0.3 is 6.03 Å². The van der Waals surface area contributed by atoms with E-state index in [1.807, 2.05) is 112 Å². The molecule has 0 spiro atoms. The number of nitrogens with one attached hydrogen (secondary N) is 3. The first-order valence-corrected chi connectivity index (χ1v) is 19.7. The van der Waals surface area contributed by atoms with Crippen LogP contribution in [0.15, 0.2) is 103 Å². The molecule has 0 aromatic heterocycles. The molecule has 1 aliphatic carbocycles. The molecule has 10 heteroatoms. The quantitative estimate of drug-likeness (QED) is 0.128. The van der Waals surface area contributed by atoms with Crippen molar-refractivity contribution >= 4 is 23.3 Å². The van der Waals surface area contributed by atoms with Crippen LogP contribution in [-0.4, -0.2) is 52.2 Å². The first-order chi connectivity index (χ1) is 26.6. The van der Waals surface area contributed by atoms with E-state index < -0.39 is 6.29 Å². The van der Waals surface area contributed by atoms with Crippen LogP contribution in [0.5, 0.6) is 11.5 Å². The summed E-state index contributed by atoms with van der Waals surface area (Å²) >= 11 is 0. The van der Waals surface area contributed by atoms with Crippen LogP contribution in [0.2, 0.25) is 0 Å². The maximum Gasteiger partial charge on any atom is 0.323 e. The van der Waals surface area contributed by atoms with Crippen molar-refractivity contribution in [2.75, 3.05) is 17.2 Å². The second kappa shape index (κ2) is 17.4. The van der Waals surface area contributed by atoms with E-state index in [-0.39, 0.29) is 42.3 Å². The monoisotopic (exact) mass is 746 g/mol. The topological polar surface area (TPSA) is 121 Å². The lowest BCUT2D eigenvalue weighted by atomic mass is 9.75. The van der Waals surface area contributed by atoms with Gasteiger partial charge in [0, 0.05) is 41.5 Å². The average Bonchev–Trinajstić information content (AvgIpc) is 3.18. The number of amides is 3. The number of urea groups is 1. The predicted octanol–water partition coefficient (Wildman–Crippen LogP) is 9.10. The largest absolute Gasteiger partial charge is 0.457 e. The molecule has 4 N–H and O–H groups in total. The van der Waals surface area contributed by atoms with E-state index in [0.29, 0.717) is 42.0 Å². The number of aliphatic hydroxyl groups is 1. The van der Waals surface area contributed by atoms with Crippen LogP contribution in [0, 0.1) is 5.92 Å². The van der Waals surface area contributed by atoms with Crippen molar-refractivity contribution in [1.29, 1.82) is 0 Å². The highest BCUT2D eigenvalue weighted by atomic mass is 16.7. The Hall–Kier alpha value is -4.74. The number of hydrogen-bond donors (Lipinski definition) is 4. The van der Waals surface area contributed by atoms with Crippen LogP contribution >= 0.6 is 0 Å². The minimum Gasteiger partial charge on any atom is -0.457 e. The number of carbonyl (C=O) groups is 2. The lowest BCUT2D eigenvalue weighted by Crippen LogP contribution is -2.61. The summed E-state index contributed by atoms with van der Waals surface area (Å²) in [6.07, 6.45) is 6.19. The molecule has 0 bridgehead atoms. The zero-order chi connectivity index (χ0) is 38.4. The molecule has 290 valence electrons. The van der Waals surface area contributed by atoms with Crippen molar-refractivity contribution in [3.8, 4) is 11.5 Å². The van der Waals surface area contributed by atoms with Crippen molar-refractivity contribution in [2.45, 2.75) is 108 Å². The van der Waals surface area contributed by atoms with E-state index in [4.69, 9.17) is 14.2 Å². The summed E-state index contributed by atoms with van der Waals surface area (Å²) in [5, 5.41) is 18.7. The zero-order valence-corrected chi connectivity index (χ0v) is 32.1. The number of anilines is 2. The van der Waals surface area contributed by atoms with E-state index in [2.05, 4.69) is 20.9 Å². The molecular formula is C45H54N4O6. The Bertz CT molecular complexity index is 1860. The zero-order valence-electron chi connectivity index (χ0n) is 32.1. The Labute approximate surface area is 324 Å². The smallest absolute Gasteiger partial charge is 0.323 e. The molecule has 2 aliphatic heterocycles. The van der Waals surface area contributed by atoms with Crippen molar-refractivity contribution in [2.24, 2.45) is 5.92 Å². The van der Waals surface area contributed by atoms with E-state index in [1.54, 1.807) is 12.1 Å². The van der Waals surface area contributed by atoms with Gasteiger partial charge < -0.3 is 35.3 Å². The molecule has 3 aliphatic rings. The molecule has 0 radical (unpaired) electrons.